The topological polar surface area (TPSA) is 34.1 Å². The molecule has 0 aliphatic carbocycles. The average molecular weight is 198 g/mol. The molecule has 0 saturated carbocycles. The van der Waals surface area contributed by atoms with Crippen molar-refractivity contribution in [1.82, 2.24) is 0 Å². The van der Waals surface area contributed by atoms with Gasteiger partial charge >= 0.3 is 0 Å². The van der Waals surface area contributed by atoms with Crippen LogP contribution in [0.25, 0.3) is 0 Å². The van der Waals surface area contributed by atoms with E-state index < -0.39 is 0 Å². The Morgan fingerprint density at radius 2 is 2.00 bits per heavy atom. The largest absolute Gasteiger partial charge is 0.303 e. The summed E-state index contributed by atoms with van der Waals surface area (Å²) in [4.78, 5) is 21.7. The van der Waals surface area contributed by atoms with Crippen molar-refractivity contribution in [1.29, 1.82) is 0 Å². The van der Waals surface area contributed by atoms with Crippen LogP contribution in [-0.2, 0) is 9.59 Å². The Hall–Kier alpha value is -0.660. The zero-order valence-corrected chi connectivity index (χ0v) is 9.58. The van der Waals surface area contributed by atoms with Crippen molar-refractivity contribution in [3.63, 3.8) is 0 Å². The van der Waals surface area contributed by atoms with Crippen LogP contribution in [-0.4, -0.2) is 12.1 Å². The number of carbonyl (C=O) groups excluding carboxylic acids is 2. The minimum Gasteiger partial charge on any atom is -0.303 e. The Morgan fingerprint density at radius 1 is 1.36 bits per heavy atom. The molecule has 0 bridgehead atoms. The number of carbonyl (C=O) groups is 2. The summed E-state index contributed by atoms with van der Waals surface area (Å²) in [7, 11) is 0. The third-order valence-corrected chi connectivity index (χ3v) is 2.62. The first-order valence-electron chi connectivity index (χ1n) is 5.57. The van der Waals surface area contributed by atoms with E-state index >= 15 is 0 Å². The van der Waals surface area contributed by atoms with Crippen LogP contribution in [0.5, 0.6) is 0 Å². The van der Waals surface area contributed by atoms with E-state index in [0.29, 0.717) is 24.5 Å². The normalized spacial score (nSPS) is 14.8. The number of aldehydes is 1. The van der Waals surface area contributed by atoms with Gasteiger partial charge in [0.05, 0.1) is 0 Å². The van der Waals surface area contributed by atoms with E-state index in [4.69, 9.17) is 0 Å². The lowest BCUT2D eigenvalue weighted by Crippen LogP contribution is -2.05. The summed E-state index contributed by atoms with van der Waals surface area (Å²) in [5.74, 6) is 0.954. The first-order chi connectivity index (χ1) is 6.60. The minimum absolute atomic E-state index is 0.103. The van der Waals surface area contributed by atoms with Gasteiger partial charge in [-0.3, -0.25) is 4.79 Å². The zero-order valence-electron chi connectivity index (χ0n) is 9.58. The van der Waals surface area contributed by atoms with Crippen LogP contribution in [0.2, 0.25) is 0 Å². The number of rotatable bonds is 8. The van der Waals surface area contributed by atoms with E-state index in [0.717, 1.165) is 25.5 Å². The number of ketones is 1. The lowest BCUT2D eigenvalue weighted by molar-refractivity contribution is -0.120. The quantitative estimate of drug-likeness (QED) is 0.562. The van der Waals surface area contributed by atoms with Gasteiger partial charge in [0, 0.05) is 18.8 Å². The molecule has 0 amide bonds. The molecule has 2 heteroatoms. The Morgan fingerprint density at radius 3 is 2.50 bits per heavy atom. The maximum Gasteiger partial charge on any atom is 0.133 e. The van der Waals surface area contributed by atoms with Gasteiger partial charge in [-0.05, 0) is 18.8 Å². The lowest BCUT2D eigenvalue weighted by atomic mass is 9.97. The molecule has 0 heterocycles. The Balaban J connectivity index is 3.49. The van der Waals surface area contributed by atoms with Gasteiger partial charge in [0.2, 0.25) is 0 Å². The number of hydrogen-bond acceptors (Lipinski definition) is 2. The van der Waals surface area contributed by atoms with Crippen LogP contribution in [0.15, 0.2) is 0 Å². The Bertz CT molecular complexity index is 175. The first kappa shape index (κ1) is 13.3. The molecule has 0 fully saturated rings. The second kappa shape index (κ2) is 7.72. The summed E-state index contributed by atoms with van der Waals surface area (Å²) in [5, 5.41) is 0. The Kier molecular flexibility index (Phi) is 7.35. The van der Waals surface area contributed by atoms with E-state index in [1.165, 1.54) is 0 Å². The zero-order chi connectivity index (χ0) is 11.0. The van der Waals surface area contributed by atoms with Crippen LogP contribution in [0.3, 0.4) is 0 Å². The van der Waals surface area contributed by atoms with Crippen LogP contribution in [0.4, 0.5) is 0 Å². The molecule has 0 aliphatic rings. The van der Waals surface area contributed by atoms with Gasteiger partial charge in [-0.25, -0.2) is 0 Å². The van der Waals surface area contributed by atoms with Crippen molar-refractivity contribution in [3.8, 4) is 0 Å². The predicted octanol–water partition coefficient (Wildman–Crippen LogP) is 3.00. The molecular formula is C12H22O2. The monoisotopic (exact) mass is 198 g/mol. The van der Waals surface area contributed by atoms with Crippen molar-refractivity contribution >= 4 is 12.1 Å². The fourth-order valence-electron chi connectivity index (χ4n) is 1.32. The highest BCUT2D eigenvalue weighted by Gasteiger charge is 2.08. The molecule has 14 heavy (non-hydrogen) atoms. The third-order valence-electron chi connectivity index (χ3n) is 2.62. The highest BCUT2D eigenvalue weighted by Crippen LogP contribution is 2.11. The summed E-state index contributed by atoms with van der Waals surface area (Å²) in [6.45, 7) is 6.10. The second-order valence-corrected chi connectivity index (χ2v) is 4.26. The highest BCUT2D eigenvalue weighted by atomic mass is 16.1. The summed E-state index contributed by atoms with van der Waals surface area (Å²) in [6.07, 6.45) is 5.06. The molecule has 0 N–H and O–H groups in total. The molecule has 2 nitrogen and oxygen atoms in total. The minimum atomic E-state index is 0.103. The molecule has 0 rings (SSSR count). The SMILES string of the molecule is CCC(C)CC(=O)CCCC(C)C=O. The standard InChI is InChI=1S/C12H22O2/c1-4-10(2)8-12(14)7-5-6-11(3)9-13/h9-11H,4-8H2,1-3H3. The van der Waals surface area contributed by atoms with Gasteiger partial charge in [-0.1, -0.05) is 27.2 Å². The smallest absolute Gasteiger partial charge is 0.133 e. The van der Waals surface area contributed by atoms with Crippen LogP contribution in [0, 0.1) is 11.8 Å². The van der Waals surface area contributed by atoms with Gasteiger partial charge in [-0.15, -0.1) is 0 Å². The Labute approximate surface area is 87.1 Å². The molecule has 2 atom stereocenters. The molecule has 0 aromatic rings. The van der Waals surface area contributed by atoms with Gasteiger partial charge in [-0.2, -0.15) is 0 Å². The molecule has 0 aromatic carbocycles. The van der Waals surface area contributed by atoms with Crippen LogP contribution < -0.4 is 0 Å². The fourth-order valence-corrected chi connectivity index (χ4v) is 1.32. The fraction of sp³-hybridized carbons (Fsp3) is 0.833. The van der Waals surface area contributed by atoms with E-state index in [-0.39, 0.29) is 5.92 Å². The van der Waals surface area contributed by atoms with Crippen molar-refractivity contribution in [3.05, 3.63) is 0 Å². The molecule has 0 radical (unpaired) electrons. The van der Waals surface area contributed by atoms with Crippen LogP contribution in [0.1, 0.15) is 52.9 Å². The summed E-state index contributed by atoms with van der Waals surface area (Å²) in [6, 6.07) is 0. The van der Waals surface area contributed by atoms with E-state index in [9.17, 15) is 9.59 Å². The molecule has 0 aliphatic heterocycles. The van der Waals surface area contributed by atoms with Crippen LogP contribution >= 0.6 is 0 Å². The molecular weight excluding hydrogens is 176 g/mol. The third kappa shape index (κ3) is 6.81. The summed E-state index contributed by atoms with van der Waals surface area (Å²) in [5.41, 5.74) is 0. The van der Waals surface area contributed by atoms with E-state index in [1.807, 2.05) is 6.92 Å². The van der Waals surface area contributed by atoms with Crippen molar-refractivity contribution in [2.45, 2.75) is 52.9 Å². The average Bonchev–Trinajstić information content (AvgIpc) is 2.17. The molecule has 0 aromatic heterocycles. The number of hydrogen-bond donors (Lipinski definition) is 0. The van der Waals surface area contributed by atoms with E-state index in [1.54, 1.807) is 0 Å². The first-order valence-corrected chi connectivity index (χ1v) is 5.57. The van der Waals surface area contributed by atoms with Gasteiger partial charge in [0.15, 0.2) is 0 Å². The van der Waals surface area contributed by atoms with Crippen molar-refractivity contribution in [2.24, 2.45) is 11.8 Å². The summed E-state index contributed by atoms with van der Waals surface area (Å²) < 4.78 is 0. The van der Waals surface area contributed by atoms with Gasteiger partial charge in [0.25, 0.3) is 0 Å². The second-order valence-electron chi connectivity index (χ2n) is 4.26. The lowest BCUT2D eigenvalue weighted by Gasteiger charge is -2.07. The molecule has 2 unspecified atom stereocenters. The molecule has 82 valence electrons. The maximum absolute atomic E-state index is 11.4. The number of Topliss-reactive ketones (excluding diaryl/α,β-unsaturated/α-hetero) is 1. The summed E-state index contributed by atoms with van der Waals surface area (Å²) >= 11 is 0. The highest BCUT2D eigenvalue weighted by molar-refractivity contribution is 5.78. The van der Waals surface area contributed by atoms with Crippen molar-refractivity contribution in [2.75, 3.05) is 0 Å². The predicted molar refractivity (Wildman–Crippen MR) is 58.2 cm³/mol. The molecule has 0 spiro atoms. The van der Waals surface area contributed by atoms with Gasteiger partial charge in [0.1, 0.15) is 12.1 Å². The molecule has 0 saturated heterocycles. The van der Waals surface area contributed by atoms with Gasteiger partial charge < -0.3 is 4.79 Å². The van der Waals surface area contributed by atoms with E-state index in [2.05, 4.69) is 13.8 Å². The maximum atomic E-state index is 11.4. The van der Waals surface area contributed by atoms with Crippen molar-refractivity contribution < 1.29 is 9.59 Å².